The van der Waals surface area contributed by atoms with E-state index in [4.69, 9.17) is 60.5 Å². The number of methoxy groups -OCH3 is 1. The van der Waals surface area contributed by atoms with Gasteiger partial charge in [0.05, 0.1) is 50.2 Å². The summed E-state index contributed by atoms with van der Waals surface area (Å²) in [5.74, 6) is -2.25. The van der Waals surface area contributed by atoms with E-state index in [1.54, 1.807) is 84.4 Å². The van der Waals surface area contributed by atoms with Crippen LogP contribution in [-0.4, -0.2) is 228 Å². The molecular formula is C95H141BBr3Mg2N5O18. The molecule has 3 aliphatic rings. The number of alkyl halides is 1. The zero-order chi connectivity index (χ0) is 92.7. The number of carbonyl (C=O) groups excluding carboxylic acids is 6. The van der Waals surface area contributed by atoms with E-state index in [1.807, 2.05) is 162 Å². The molecule has 23 nitrogen and oxygen atoms in total. The normalized spacial score (nSPS) is 14.9. The van der Waals surface area contributed by atoms with E-state index >= 15 is 0 Å². The number of benzene rings is 4. The number of aliphatic imine (C=N–C) groups is 2. The average molecular weight is 1940 g/mol. The van der Waals surface area contributed by atoms with Crippen LogP contribution in [0.25, 0.3) is 0 Å². The number of aliphatic carboxylic acids is 2. The summed E-state index contributed by atoms with van der Waals surface area (Å²) in [6.07, 6.45) is 23.4. The zero-order valence-electron chi connectivity index (χ0n) is 75.6. The molecule has 2 fully saturated rings. The molecule has 4 aromatic rings. The Labute approximate surface area is 804 Å². The molecular weight excluding hydrogens is 1800 g/mol. The van der Waals surface area contributed by atoms with E-state index in [0.717, 1.165) is 71.7 Å². The van der Waals surface area contributed by atoms with E-state index < -0.39 is 36.7 Å². The van der Waals surface area contributed by atoms with Gasteiger partial charge in [0.2, 0.25) is 5.91 Å². The van der Waals surface area contributed by atoms with Crippen LogP contribution < -0.4 is 45.4 Å². The summed E-state index contributed by atoms with van der Waals surface area (Å²) in [6, 6.07) is 38.2. The van der Waals surface area contributed by atoms with Gasteiger partial charge in [0.1, 0.15) is 12.1 Å². The van der Waals surface area contributed by atoms with Gasteiger partial charge in [-0.3, -0.25) is 61.5 Å². The predicted molar refractivity (Wildman–Crippen MR) is 505 cm³/mol. The molecule has 9 atom stereocenters. The van der Waals surface area contributed by atoms with Gasteiger partial charge in [0.15, 0.2) is 17.6 Å². The molecule has 0 bridgehead atoms. The molecule has 682 valence electrons. The number of nitrogens with two attached hydrogens (primary N) is 2. The molecule has 124 heavy (non-hydrogen) atoms. The first-order valence-corrected chi connectivity index (χ1v) is 40.9. The minimum atomic E-state index is -1.36. The van der Waals surface area contributed by atoms with Crippen LogP contribution in [0.5, 0.6) is 0 Å². The third-order valence-electron chi connectivity index (χ3n) is 16.6. The number of allylic oxidation sites excluding steroid dienone is 8. The van der Waals surface area contributed by atoms with Crippen molar-refractivity contribution < 1.29 is 121 Å². The second kappa shape index (κ2) is 93.2. The quantitative estimate of drug-likeness (QED) is 0.00297. The Kier molecular flexibility index (Phi) is 103. The van der Waals surface area contributed by atoms with Crippen LogP contribution in [0.4, 0.5) is 0 Å². The third-order valence-corrected chi connectivity index (χ3v) is 17.0. The molecule has 4 aromatic carbocycles. The number of carboxylic acids is 2. The van der Waals surface area contributed by atoms with E-state index in [2.05, 4.69) is 98.0 Å². The summed E-state index contributed by atoms with van der Waals surface area (Å²) in [4.78, 5) is 102. The molecule has 7 rings (SSSR count). The van der Waals surface area contributed by atoms with E-state index in [0.29, 0.717) is 64.8 Å². The molecule has 0 aromatic heterocycles. The smallest absolute Gasteiger partial charge is 1.00 e. The summed E-state index contributed by atoms with van der Waals surface area (Å²) in [5, 5.41) is 36.7. The Hall–Kier alpha value is -7.46. The number of hydrogen-bond acceptors (Lipinski definition) is 20. The Balaban J connectivity index is -0.000000149. The van der Waals surface area contributed by atoms with Crippen molar-refractivity contribution in [3.63, 3.8) is 0 Å². The fourth-order valence-electron chi connectivity index (χ4n) is 9.76. The maximum absolute atomic E-state index is 12.2. The minimum Gasteiger partial charge on any atom is -1.00 e. The Morgan fingerprint density at radius 3 is 1.30 bits per heavy atom. The van der Waals surface area contributed by atoms with Gasteiger partial charge in [-0.2, -0.15) is 0 Å². The van der Waals surface area contributed by atoms with Gasteiger partial charge < -0.3 is 103 Å². The Bertz CT molecular complexity index is 3460. The first-order valence-electron chi connectivity index (χ1n) is 39.8. The van der Waals surface area contributed by atoms with Crippen molar-refractivity contribution in [3.05, 3.63) is 271 Å². The van der Waals surface area contributed by atoms with Crippen molar-refractivity contribution in [2.24, 2.45) is 57.0 Å². The van der Waals surface area contributed by atoms with E-state index in [1.165, 1.54) is 31.1 Å². The molecule has 1 heterocycles. The number of hydroxylamine groups is 2. The van der Waals surface area contributed by atoms with Gasteiger partial charge in [0, 0.05) is 85.4 Å². The van der Waals surface area contributed by atoms with Crippen molar-refractivity contribution >= 4 is 128 Å². The zero-order valence-corrected chi connectivity index (χ0v) is 83.2. The molecule has 1 saturated carbocycles. The summed E-state index contributed by atoms with van der Waals surface area (Å²) in [5.41, 5.74) is 15.5. The number of carboxylic acid groups (broad SMARTS) is 2. The first kappa shape index (κ1) is 137. The number of nitrogens with zero attached hydrogens (tertiary/aromatic N) is 3. The molecule has 0 spiro atoms. The third kappa shape index (κ3) is 70.7. The second-order valence-corrected chi connectivity index (χ2v) is 26.9. The standard InChI is InChI=1S/C20H21NO2.C17H17NO2.C8H17BN2O4.C8H15NO2.C8H14O2.C8H12O.C6H10O2.C6H8O.C4H8O.C3H5Br.C3H8O.2C2H3.2BrH.2Mg/c1-3-11-18(20(22)23-4-2)21-19(16-12-7-5-8-13-16)17-14-9-6-10-15-17;1-2-20-16(19)13-18-17(14-9-5-3-6-10-14)15-11-7-4-8-12-15;10-6-3-5(1-2-9(14)15)4-8(6,11)7(12)13;1-5-6-7(2)8(10)9(3)11-4;1-4-6-7(3)8(9)10-5-2;1-4-6-7(3)8(9)5-2;1-3-4-5(2)6(7)8;1-5-3-2-4-6(5)7;1-2-4-5-3-1;1-2-3-4;1-3-4-2;2*1-2;;;;/h3,5-10,12-15,18H,1,4,11H2,2H3;3-12H,2,13H2,1H3;5-6,14-15H,1-4,10-11H2,(H,12,13);5,7H,1,6H2,2-4H3;4,7H,1,5-6H2,2-3H3;4-5,7H,1-2,6H2,3H3;3,5H,1,4H2,2H3,(H,7,8);2,4-5H,3H2,1H3;1-4H2;2H,1,3H2;3H2,1-2H3;2*1H,2H2;2*1H;;/q;;;;;;;;;;;2*-1;;;2*+2/p-2. The van der Waals surface area contributed by atoms with Crippen LogP contribution in [0.3, 0.4) is 0 Å². The van der Waals surface area contributed by atoms with Gasteiger partial charge in [-0.05, 0) is 116 Å². The minimum absolute atomic E-state index is 0. The van der Waals surface area contributed by atoms with E-state index in [-0.39, 0.29) is 164 Å². The van der Waals surface area contributed by atoms with Gasteiger partial charge in [0.25, 0.3) is 0 Å². The van der Waals surface area contributed by atoms with Crippen molar-refractivity contribution in [1.29, 1.82) is 0 Å². The fraction of sp³-hybridized carbons (Fsp3) is 0.432. The number of amides is 1. The van der Waals surface area contributed by atoms with Gasteiger partial charge in [-0.15, -0.1) is 39.5 Å². The van der Waals surface area contributed by atoms with Crippen LogP contribution in [0, 0.1) is 48.7 Å². The Morgan fingerprint density at radius 2 is 1.01 bits per heavy atom. The number of ketones is 2. The first-order chi connectivity index (χ1) is 57.3. The van der Waals surface area contributed by atoms with Crippen molar-refractivity contribution in [3.8, 4) is 0 Å². The Morgan fingerprint density at radius 1 is 0.621 bits per heavy atom. The summed E-state index contributed by atoms with van der Waals surface area (Å²) in [7, 11) is 3.40. The van der Waals surface area contributed by atoms with Gasteiger partial charge in [-0.1, -0.05) is 227 Å². The van der Waals surface area contributed by atoms with E-state index in [9.17, 15) is 38.4 Å². The molecule has 1 amide bonds. The van der Waals surface area contributed by atoms with Crippen LogP contribution in [0.2, 0.25) is 6.32 Å². The molecule has 0 radical (unpaired) electrons. The van der Waals surface area contributed by atoms with Crippen molar-refractivity contribution in [1.82, 2.24) is 5.06 Å². The summed E-state index contributed by atoms with van der Waals surface area (Å²) < 4.78 is 24.3. The summed E-state index contributed by atoms with van der Waals surface area (Å²) >= 11 is 3.13. The number of hydrogen-bond donors (Lipinski definition) is 6. The second-order valence-electron chi connectivity index (χ2n) is 26.2. The SMILES string of the molecule is C1CCOC1.C=CCBr.C=CCC(C)C(=O)C=C.C=CCC(C)C(=O)N(C)OC.C=CCC(C)C(=O)O.C=CCC(C)C(=O)OCC.C=CCC(N=C(c1ccccc1)c1ccccc1)C(=O)OCC.CC1CC=CC1=O.CCOC.CCOC(=O)CN=C(c1ccccc1)c1ccccc1.NC1CC(CCB(O)O)CC1(N)C(=O)O.[Br-].[Br-].[CH-]=C.[CH-]=C.[Mg+2].[Mg+2]. The fourth-order valence-corrected chi connectivity index (χ4v) is 9.76. The van der Waals surface area contributed by atoms with Crippen LogP contribution >= 0.6 is 15.9 Å². The summed E-state index contributed by atoms with van der Waals surface area (Å²) in [6.45, 7) is 59.1. The molecule has 1 aliphatic heterocycles. The van der Waals surface area contributed by atoms with Crippen LogP contribution in [0.1, 0.15) is 155 Å². The van der Waals surface area contributed by atoms with Crippen LogP contribution in [0.15, 0.2) is 245 Å². The topological polar surface area (TPSA) is 353 Å². The maximum Gasteiger partial charge on any atom is 2.00 e. The maximum atomic E-state index is 12.2. The molecule has 2 aliphatic carbocycles. The van der Waals surface area contributed by atoms with Crippen LogP contribution in [-0.2, 0) is 66.9 Å². The number of halogens is 3. The molecule has 8 N–H and O–H groups in total. The number of esters is 3. The predicted octanol–water partition coefficient (Wildman–Crippen LogP) is 10.3. The largest absolute Gasteiger partial charge is 2.00 e. The number of rotatable bonds is 33. The monoisotopic (exact) mass is 1940 g/mol. The number of carbonyl (C=O) groups is 8. The van der Waals surface area contributed by atoms with Gasteiger partial charge in [-0.25, -0.2) is 9.86 Å². The van der Waals surface area contributed by atoms with Crippen molar-refractivity contribution in [2.45, 2.75) is 157 Å². The molecule has 29 heteroatoms. The molecule has 1 saturated heterocycles. The molecule has 9 unspecified atom stereocenters. The van der Waals surface area contributed by atoms with Crippen molar-refractivity contribution in [2.75, 3.05) is 72.8 Å². The average Bonchev–Trinajstić information content (AvgIpc) is 1.65. The van der Waals surface area contributed by atoms with Gasteiger partial charge >= 0.3 is 83.1 Å². The number of ether oxygens (including phenoxy) is 5.